The van der Waals surface area contributed by atoms with E-state index in [9.17, 15) is 18.3 Å². The number of rotatable bonds is 2. The predicted octanol–water partition coefficient (Wildman–Crippen LogP) is 2.72. The number of nitrogens with zero attached hydrogens (tertiary/aromatic N) is 1. The molecular formula is C20H22N2O4S. The van der Waals surface area contributed by atoms with Crippen LogP contribution in [0.3, 0.4) is 0 Å². The van der Waals surface area contributed by atoms with Gasteiger partial charge in [-0.25, -0.2) is 8.42 Å². The molecule has 0 unspecified atom stereocenters. The van der Waals surface area contributed by atoms with E-state index < -0.39 is 16.1 Å². The van der Waals surface area contributed by atoms with Crippen LogP contribution in [0.25, 0.3) is 10.8 Å². The van der Waals surface area contributed by atoms with E-state index in [1.54, 1.807) is 34.6 Å². The van der Waals surface area contributed by atoms with Crippen LogP contribution in [0.5, 0.6) is 0 Å². The second kappa shape index (κ2) is 5.77. The summed E-state index contributed by atoms with van der Waals surface area (Å²) in [5.74, 6) is -0.198. The van der Waals surface area contributed by atoms with Crippen molar-refractivity contribution in [3.05, 3.63) is 35.9 Å². The van der Waals surface area contributed by atoms with Gasteiger partial charge in [-0.2, -0.15) is 4.31 Å². The predicted molar refractivity (Wildman–Crippen MR) is 102 cm³/mol. The van der Waals surface area contributed by atoms with E-state index in [2.05, 4.69) is 5.32 Å². The summed E-state index contributed by atoms with van der Waals surface area (Å²) in [5.41, 5.74) is 0.865. The lowest BCUT2D eigenvalue weighted by Gasteiger charge is -2.41. The van der Waals surface area contributed by atoms with Crippen LogP contribution in [0.4, 0.5) is 5.69 Å². The number of hydrogen-bond donors (Lipinski definition) is 2. The highest BCUT2D eigenvalue weighted by atomic mass is 32.2. The Hall–Kier alpha value is -1.96. The summed E-state index contributed by atoms with van der Waals surface area (Å²) in [6, 6.07) is 8.47. The molecule has 1 saturated heterocycles. The van der Waals surface area contributed by atoms with Gasteiger partial charge >= 0.3 is 0 Å². The lowest BCUT2D eigenvalue weighted by molar-refractivity contribution is 0.0127. The first-order valence-electron chi connectivity index (χ1n) is 9.48. The average Bonchev–Trinajstić information content (AvgIpc) is 3.17. The SMILES string of the molecule is O=C1Nc2ccc(S(=O)(=O)N3CCC[C@@]4(CCC[C@H]4O)C3)c3cccc1c23. The highest BCUT2D eigenvalue weighted by Crippen LogP contribution is 2.46. The topological polar surface area (TPSA) is 86.7 Å². The first-order valence-corrected chi connectivity index (χ1v) is 10.9. The van der Waals surface area contributed by atoms with Crippen LogP contribution in [-0.2, 0) is 10.0 Å². The molecule has 7 heteroatoms. The standard InChI is InChI=1S/C20H22N2O4S/c23-17-6-2-9-20(17)10-3-11-22(12-20)27(25,26)16-8-7-15-18-13(16)4-1-5-14(18)19(24)21-15/h1,4-5,7-8,17,23H,2-3,6,9-12H2,(H,21,24)/t17-,20+/m1/s1. The zero-order valence-corrected chi connectivity index (χ0v) is 15.8. The molecule has 27 heavy (non-hydrogen) atoms. The maximum atomic E-state index is 13.5. The average molecular weight is 386 g/mol. The number of nitrogens with one attached hydrogen (secondary N) is 1. The van der Waals surface area contributed by atoms with E-state index >= 15 is 0 Å². The van der Waals surface area contributed by atoms with Crippen LogP contribution in [0.1, 0.15) is 42.5 Å². The molecule has 6 nitrogen and oxygen atoms in total. The van der Waals surface area contributed by atoms with Gasteiger partial charge in [-0.3, -0.25) is 4.79 Å². The first kappa shape index (κ1) is 17.2. The molecule has 5 rings (SSSR count). The largest absolute Gasteiger partial charge is 0.392 e. The number of piperidine rings is 1. The number of benzene rings is 2. The van der Waals surface area contributed by atoms with Crippen molar-refractivity contribution >= 4 is 32.4 Å². The minimum Gasteiger partial charge on any atom is -0.392 e. The van der Waals surface area contributed by atoms with Crippen molar-refractivity contribution in [3.63, 3.8) is 0 Å². The van der Waals surface area contributed by atoms with Gasteiger partial charge in [0.25, 0.3) is 5.91 Å². The molecular weight excluding hydrogens is 364 g/mol. The molecule has 1 aliphatic carbocycles. The summed E-state index contributed by atoms with van der Waals surface area (Å²) >= 11 is 0. The third-order valence-electron chi connectivity index (χ3n) is 6.54. The van der Waals surface area contributed by atoms with Gasteiger partial charge in [-0.1, -0.05) is 18.6 Å². The molecule has 1 saturated carbocycles. The maximum absolute atomic E-state index is 13.5. The zero-order valence-electron chi connectivity index (χ0n) is 14.9. The summed E-state index contributed by atoms with van der Waals surface area (Å²) in [6.07, 6.45) is 3.79. The monoisotopic (exact) mass is 386 g/mol. The van der Waals surface area contributed by atoms with Gasteiger partial charge in [0.05, 0.1) is 11.0 Å². The summed E-state index contributed by atoms with van der Waals surface area (Å²) in [7, 11) is -3.72. The van der Waals surface area contributed by atoms with Crippen molar-refractivity contribution in [2.24, 2.45) is 5.41 Å². The van der Waals surface area contributed by atoms with E-state index in [1.165, 1.54) is 0 Å². The quantitative estimate of drug-likeness (QED) is 0.831. The first-order chi connectivity index (χ1) is 12.9. The number of aliphatic hydroxyl groups is 1. The van der Waals surface area contributed by atoms with Crippen molar-refractivity contribution in [1.29, 1.82) is 0 Å². The van der Waals surface area contributed by atoms with Crippen LogP contribution < -0.4 is 5.32 Å². The lowest BCUT2D eigenvalue weighted by atomic mass is 9.77. The minimum atomic E-state index is -3.72. The number of amides is 1. The molecule has 2 atom stereocenters. The Labute approximate surface area is 158 Å². The van der Waals surface area contributed by atoms with Crippen LogP contribution in [0.2, 0.25) is 0 Å². The molecule has 0 bridgehead atoms. The van der Waals surface area contributed by atoms with Crippen molar-refractivity contribution in [1.82, 2.24) is 4.31 Å². The summed E-state index contributed by atoms with van der Waals surface area (Å²) in [4.78, 5) is 12.4. The van der Waals surface area contributed by atoms with E-state index in [1.807, 2.05) is 0 Å². The number of aliphatic hydroxyl groups excluding tert-OH is 1. The van der Waals surface area contributed by atoms with Gasteiger partial charge in [-0.05, 0) is 43.9 Å². The number of hydrogen-bond acceptors (Lipinski definition) is 4. The van der Waals surface area contributed by atoms with Gasteiger partial charge in [0.1, 0.15) is 0 Å². The van der Waals surface area contributed by atoms with Gasteiger partial charge in [-0.15, -0.1) is 0 Å². The highest BCUT2D eigenvalue weighted by Gasteiger charge is 2.47. The van der Waals surface area contributed by atoms with Gasteiger partial charge in [0.2, 0.25) is 10.0 Å². The van der Waals surface area contributed by atoms with Gasteiger partial charge in [0, 0.05) is 40.5 Å². The Kier molecular flexibility index (Phi) is 3.67. The van der Waals surface area contributed by atoms with Crippen LogP contribution in [0.15, 0.2) is 35.2 Å². The Bertz CT molecular complexity index is 1070. The number of anilines is 1. The van der Waals surface area contributed by atoms with Crippen LogP contribution >= 0.6 is 0 Å². The van der Waals surface area contributed by atoms with Crippen molar-refractivity contribution in [2.45, 2.75) is 43.1 Å². The summed E-state index contributed by atoms with van der Waals surface area (Å²) in [5, 5.41) is 14.5. The van der Waals surface area contributed by atoms with Crippen LogP contribution in [0, 0.1) is 5.41 Å². The number of sulfonamides is 1. The van der Waals surface area contributed by atoms with Crippen molar-refractivity contribution < 1.29 is 18.3 Å². The van der Waals surface area contributed by atoms with Crippen LogP contribution in [-0.4, -0.2) is 42.9 Å². The van der Waals surface area contributed by atoms with Crippen molar-refractivity contribution in [2.75, 3.05) is 18.4 Å². The van der Waals surface area contributed by atoms with E-state index in [0.29, 0.717) is 35.1 Å². The van der Waals surface area contributed by atoms with E-state index in [0.717, 1.165) is 32.1 Å². The smallest absolute Gasteiger partial charge is 0.256 e. The normalized spacial score (nSPS) is 28.2. The van der Waals surface area contributed by atoms with Gasteiger partial charge in [0.15, 0.2) is 0 Å². The Morgan fingerprint density at radius 1 is 1.15 bits per heavy atom. The second-order valence-corrected chi connectivity index (χ2v) is 9.91. The molecule has 2 aromatic rings. The molecule has 0 aromatic heterocycles. The Morgan fingerprint density at radius 2 is 1.96 bits per heavy atom. The third kappa shape index (κ3) is 2.38. The zero-order chi connectivity index (χ0) is 18.8. The molecule has 3 aliphatic rings. The lowest BCUT2D eigenvalue weighted by Crippen LogP contribution is -2.49. The highest BCUT2D eigenvalue weighted by molar-refractivity contribution is 7.89. The second-order valence-electron chi connectivity index (χ2n) is 8.01. The molecule has 2 aliphatic heterocycles. The summed E-state index contributed by atoms with van der Waals surface area (Å²) < 4.78 is 28.6. The fourth-order valence-corrected chi connectivity index (χ4v) is 6.91. The molecule has 2 N–H and O–H groups in total. The minimum absolute atomic E-state index is 0.198. The molecule has 2 heterocycles. The molecule has 2 aromatic carbocycles. The summed E-state index contributed by atoms with van der Waals surface area (Å²) in [6.45, 7) is 0.841. The molecule has 0 radical (unpaired) electrons. The van der Waals surface area contributed by atoms with E-state index in [4.69, 9.17) is 0 Å². The fourth-order valence-electron chi connectivity index (χ4n) is 5.15. The number of carbonyl (C=O) groups excluding carboxylic acids is 1. The number of carbonyl (C=O) groups is 1. The third-order valence-corrected chi connectivity index (χ3v) is 8.45. The van der Waals surface area contributed by atoms with Gasteiger partial charge < -0.3 is 10.4 Å². The Morgan fingerprint density at radius 3 is 2.74 bits per heavy atom. The Balaban J connectivity index is 1.61. The fraction of sp³-hybridized carbons (Fsp3) is 0.450. The maximum Gasteiger partial charge on any atom is 0.256 e. The molecule has 142 valence electrons. The van der Waals surface area contributed by atoms with E-state index in [-0.39, 0.29) is 16.2 Å². The molecule has 1 spiro atoms. The van der Waals surface area contributed by atoms with Crippen molar-refractivity contribution in [3.8, 4) is 0 Å². The molecule has 1 amide bonds. The molecule has 2 fully saturated rings.